The number of aromatic nitrogens is 1. The molecule has 0 aliphatic carbocycles. The molecule has 0 N–H and O–H groups in total. The number of nitrogens with zero attached hydrogens (tertiary/aromatic N) is 3. The molecule has 0 atom stereocenters. The van der Waals surface area contributed by atoms with Gasteiger partial charge in [-0.1, -0.05) is 0 Å². The molecule has 0 radical (unpaired) electrons. The van der Waals surface area contributed by atoms with E-state index in [1.165, 1.54) is 15.6 Å². The summed E-state index contributed by atoms with van der Waals surface area (Å²) in [6.07, 6.45) is 0. The summed E-state index contributed by atoms with van der Waals surface area (Å²) in [5.74, 6) is 1.16. The first-order chi connectivity index (χ1) is 14.5. The van der Waals surface area contributed by atoms with Gasteiger partial charge in [0.15, 0.2) is 0 Å². The molecule has 0 saturated carbocycles. The number of fused-ring (bicyclic) bond motifs is 2. The second kappa shape index (κ2) is 6.86. The third-order valence-electron chi connectivity index (χ3n) is 4.84. The van der Waals surface area contributed by atoms with Gasteiger partial charge in [-0.05, 0) is 55.5 Å². The molecule has 0 saturated heterocycles. The fraction of sp³-hybridized carbons (Fsp3) is 0.143. The summed E-state index contributed by atoms with van der Waals surface area (Å²) in [4.78, 5) is 4.61. The number of hydrogen-bond donors (Lipinski definition) is 0. The van der Waals surface area contributed by atoms with Crippen molar-refractivity contribution < 1.29 is 17.6 Å². The highest BCUT2D eigenvalue weighted by Crippen LogP contribution is 2.39. The normalized spacial score (nSPS) is 13.7. The van der Waals surface area contributed by atoms with Crippen LogP contribution in [0.2, 0.25) is 0 Å². The van der Waals surface area contributed by atoms with Gasteiger partial charge in [0, 0.05) is 5.56 Å². The smallest absolute Gasteiger partial charge is 0.264 e. The predicted octanol–water partition coefficient (Wildman–Crippen LogP) is 4.32. The standard InChI is InChI=1S/C21H15N3O4S2/c1-13-23-17-5-4-16(11-21(17)29-13)30(25,26)24-8-9-27-20-6-2-14(10-18(20)24)19-7-3-15(12-22)28-19/h2-7,10-11H,8-9H2,1H3. The monoisotopic (exact) mass is 437 g/mol. The van der Waals surface area contributed by atoms with Crippen molar-refractivity contribution in [2.24, 2.45) is 0 Å². The summed E-state index contributed by atoms with van der Waals surface area (Å²) in [6, 6.07) is 15.4. The number of rotatable bonds is 3. The Morgan fingerprint density at radius 2 is 2.03 bits per heavy atom. The Kier molecular flexibility index (Phi) is 4.27. The van der Waals surface area contributed by atoms with E-state index in [2.05, 4.69) is 4.98 Å². The SMILES string of the molecule is Cc1nc2ccc(S(=O)(=O)N3CCOc4ccc(-c5ccc(C#N)o5)cc43)cc2s1. The van der Waals surface area contributed by atoms with E-state index in [0.717, 1.165) is 15.2 Å². The zero-order valence-electron chi connectivity index (χ0n) is 15.8. The lowest BCUT2D eigenvalue weighted by Crippen LogP contribution is -2.37. The number of benzene rings is 2. The molecule has 30 heavy (non-hydrogen) atoms. The van der Waals surface area contributed by atoms with Crippen molar-refractivity contribution in [1.29, 1.82) is 5.26 Å². The number of nitriles is 1. The van der Waals surface area contributed by atoms with Crippen LogP contribution in [0.15, 0.2) is 57.8 Å². The minimum absolute atomic E-state index is 0.191. The van der Waals surface area contributed by atoms with E-state index < -0.39 is 10.0 Å². The number of sulfonamides is 1. The molecule has 3 heterocycles. The molecule has 1 aliphatic heterocycles. The third kappa shape index (κ3) is 3.01. The summed E-state index contributed by atoms with van der Waals surface area (Å²) in [5.41, 5.74) is 1.89. The molecule has 2 aromatic carbocycles. The Hall–Kier alpha value is -3.35. The Bertz CT molecular complexity index is 1430. The van der Waals surface area contributed by atoms with Crippen molar-refractivity contribution in [2.45, 2.75) is 11.8 Å². The first-order valence-electron chi connectivity index (χ1n) is 9.13. The first kappa shape index (κ1) is 18.7. The van der Waals surface area contributed by atoms with Gasteiger partial charge in [0.05, 0.1) is 32.4 Å². The van der Waals surface area contributed by atoms with Crippen LogP contribution < -0.4 is 9.04 Å². The number of furan rings is 1. The summed E-state index contributed by atoms with van der Waals surface area (Å²) in [7, 11) is -3.81. The average molecular weight is 438 g/mol. The van der Waals surface area contributed by atoms with Crippen LogP contribution in [0, 0.1) is 18.3 Å². The van der Waals surface area contributed by atoms with Crippen LogP contribution in [0.25, 0.3) is 21.5 Å². The van der Waals surface area contributed by atoms with E-state index in [1.807, 2.05) is 13.0 Å². The summed E-state index contributed by atoms with van der Waals surface area (Å²) < 4.78 is 40.3. The highest BCUT2D eigenvalue weighted by Gasteiger charge is 2.31. The van der Waals surface area contributed by atoms with Crippen LogP contribution in [-0.4, -0.2) is 26.6 Å². The lowest BCUT2D eigenvalue weighted by molar-refractivity contribution is 0.316. The maximum absolute atomic E-state index is 13.5. The molecule has 0 bridgehead atoms. The fourth-order valence-electron chi connectivity index (χ4n) is 3.46. The predicted molar refractivity (Wildman–Crippen MR) is 113 cm³/mol. The van der Waals surface area contributed by atoms with Gasteiger partial charge in [0.1, 0.15) is 24.2 Å². The molecule has 5 rings (SSSR count). The van der Waals surface area contributed by atoms with Crippen molar-refractivity contribution in [1.82, 2.24) is 4.98 Å². The van der Waals surface area contributed by atoms with Gasteiger partial charge in [-0.15, -0.1) is 11.3 Å². The topological polar surface area (TPSA) is 96.4 Å². The molecule has 2 aromatic heterocycles. The minimum atomic E-state index is -3.81. The number of anilines is 1. The number of ether oxygens (including phenoxy) is 1. The van der Waals surface area contributed by atoms with Crippen molar-refractivity contribution >= 4 is 37.3 Å². The lowest BCUT2D eigenvalue weighted by atomic mass is 10.1. The zero-order chi connectivity index (χ0) is 20.9. The van der Waals surface area contributed by atoms with Gasteiger partial charge in [0.25, 0.3) is 10.0 Å². The minimum Gasteiger partial charge on any atom is -0.489 e. The quantitative estimate of drug-likeness (QED) is 0.473. The molecule has 150 valence electrons. The lowest BCUT2D eigenvalue weighted by Gasteiger charge is -2.30. The van der Waals surface area contributed by atoms with Gasteiger partial charge >= 0.3 is 0 Å². The summed E-state index contributed by atoms with van der Waals surface area (Å²) in [6.45, 7) is 2.35. The molecular weight excluding hydrogens is 422 g/mol. The second-order valence-corrected chi connectivity index (χ2v) is 9.84. The highest BCUT2D eigenvalue weighted by atomic mass is 32.2. The Balaban J connectivity index is 1.60. The van der Waals surface area contributed by atoms with Gasteiger partial charge in [0.2, 0.25) is 5.76 Å². The summed E-state index contributed by atoms with van der Waals surface area (Å²) >= 11 is 1.46. The Labute approximate surface area is 176 Å². The maximum Gasteiger partial charge on any atom is 0.264 e. The van der Waals surface area contributed by atoms with Crippen LogP contribution in [0.4, 0.5) is 5.69 Å². The first-order valence-corrected chi connectivity index (χ1v) is 11.4. The van der Waals surface area contributed by atoms with E-state index in [4.69, 9.17) is 14.4 Å². The molecule has 4 aromatic rings. The number of thiazole rings is 1. The molecule has 1 aliphatic rings. The second-order valence-electron chi connectivity index (χ2n) is 6.75. The molecule has 9 heteroatoms. The highest BCUT2D eigenvalue weighted by molar-refractivity contribution is 7.92. The van der Waals surface area contributed by atoms with Crippen LogP contribution in [0.5, 0.6) is 5.75 Å². The van der Waals surface area contributed by atoms with Gasteiger partial charge in [-0.2, -0.15) is 5.26 Å². The van der Waals surface area contributed by atoms with Crippen LogP contribution in [0.1, 0.15) is 10.8 Å². The maximum atomic E-state index is 13.5. The van der Waals surface area contributed by atoms with E-state index in [1.54, 1.807) is 48.5 Å². The van der Waals surface area contributed by atoms with Crippen molar-refractivity contribution in [2.75, 3.05) is 17.5 Å². The van der Waals surface area contributed by atoms with E-state index >= 15 is 0 Å². The molecule has 0 amide bonds. The molecule has 0 fully saturated rings. The van der Waals surface area contributed by atoms with E-state index in [-0.39, 0.29) is 23.8 Å². The Morgan fingerprint density at radius 1 is 1.17 bits per heavy atom. The van der Waals surface area contributed by atoms with Crippen LogP contribution in [0.3, 0.4) is 0 Å². The van der Waals surface area contributed by atoms with Crippen molar-refractivity contribution in [3.8, 4) is 23.1 Å². The fourth-order valence-corrected chi connectivity index (χ4v) is 5.88. The molecule has 7 nitrogen and oxygen atoms in total. The van der Waals surface area contributed by atoms with Crippen LogP contribution >= 0.6 is 11.3 Å². The molecular formula is C21H15N3O4S2. The average Bonchev–Trinajstić information content (AvgIpc) is 3.37. The third-order valence-corrected chi connectivity index (χ3v) is 7.58. The number of hydrogen-bond acceptors (Lipinski definition) is 7. The van der Waals surface area contributed by atoms with Gasteiger partial charge in [-0.3, -0.25) is 4.31 Å². The molecule has 0 unspecified atom stereocenters. The summed E-state index contributed by atoms with van der Waals surface area (Å²) in [5, 5.41) is 9.87. The number of aryl methyl sites for hydroxylation is 1. The van der Waals surface area contributed by atoms with Gasteiger partial charge < -0.3 is 9.15 Å². The van der Waals surface area contributed by atoms with Crippen molar-refractivity contribution in [3.63, 3.8) is 0 Å². The molecule has 0 spiro atoms. The Morgan fingerprint density at radius 3 is 2.83 bits per heavy atom. The zero-order valence-corrected chi connectivity index (χ0v) is 17.5. The van der Waals surface area contributed by atoms with Crippen molar-refractivity contribution in [3.05, 3.63) is 59.3 Å². The largest absolute Gasteiger partial charge is 0.489 e. The van der Waals surface area contributed by atoms with Crippen LogP contribution in [-0.2, 0) is 10.0 Å². The van der Waals surface area contributed by atoms with E-state index in [0.29, 0.717) is 22.8 Å². The van der Waals surface area contributed by atoms with Gasteiger partial charge in [-0.25, -0.2) is 13.4 Å². The van der Waals surface area contributed by atoms with E-state index in [9.17, 15) is 8.42 Å².